The van der Waals surface area contributed by atoms with Gasteiger partial charge in [0.05, 0.1) is 11.6 Å². The number of ether oxygens (including phenoxy) is 1. The molecule has 2 aromatic carbocycles. The molecule has 2 aliphatic rings. The molecule has 2 aliphatic carbocycles. The fourth-order valence-corrected chi connectivity index (χ4v) is 4.16. The van der Waals surface area contributed by atoms with E-state index < -0.39 is 17.7 Å². The van der Waals surface area contributed by atoms with Crippen molar-refractivity contribution in [2.75, 3.05) is 6.61 Å². The molecule has 2 unspecified atom stereocenters. The molecule has 1 fully saturated rings. The van der Waals surface area contributed by atoms with Crippen LogP contribution in [0.15, 0.2) is 48.5 Å². The van der Waals surface area contributed by atoms with E-state index in [0.29, 0.717) is 6.61 Å². The van der Waals surface area contributed by atoms with Crippen LogP contribution in [0, 0.1) is 0 Å². The van der Waals surface area contributed by atoms with E-state index in [2.05, 4.69) is 29.6 Å². The smallest absolute Gasteiger partial charge is 0.407 e. The van der Waals surface area contributed by atoms with Gasteiger partial charge in [-0.3, -0.25) is 0 Å². The van der Waals surface area contributed by atoms with Crippen LogP contribution in [0.2, 0.25) is 0 Å². The summed E-state index contributed by atoms with van der Waals surface area (Å²) in [5.74, 6) is 0.0551. The van der Waals surface area contributed by atoms with Crippen molar-refractivity contribution in [3.63, 3.8) is 0 Å². The van der Waals surface area contributed by atoms with Crippen molar-refractivity contribution >= 4 is 6.09 Å². The fourth-order valence-electron chi connectivity index (χ4n) is 4.16. The zero-order valence-electron chi connectivity index (χ0n) is 14.4. The first kappa shape index (κ1) is 16.2. The maximum atomic E-state index is 12.3. The van der Waals surface area contributed by atoms with Gasteiger partial charge in [-0.15, -0.1) is 0 Å². The number of hydrogen-bond donors (Lipinski definition) is 2. The van der Waals surface area contributed by atoms with Crippen molar-refractivity contribution in [2.24, 2.45) is 0 Å². The van der Waals surface area contributed by atoms with Crippen molar-refractivity contribution in [1.82, 2.24) is 5.32 Å². The summed E-state index contributed by atoms with van der Waals surface area (Å²) in [6, 6.07) is 16.5. The highest BCUT2D eigenvalue weighted by Gasteiger charge is 2.39. The molecule has 4 heteroatoms. The quantitative estimate of drug-likeness (QED) is 0.895. The van der Waals surface area contributed by atoms with E-state index in [1.165, 1.54) is 22.3 Å². The average molecular weight is 337 g/mol. The number of carbonyl (C=O) groups excluding carboxylic acids is 1. The molecule has 0 spiro atoms. The number of alkyl carbamates (subject to hydrolysis) is 1. The Morgan fingerprint density at radius 2 is 1.76 bits per heavy atom. The predicted molar refractivity (Wildman–Crippen MR) is 96.5 cm³/mol. The Morgan fingerprint density at radius 3 is 2.32 bits per heavy atom. The van der Waals surface area contributed by atoms with Crippen molar-refractivity contribution in [1.29, 1.82) is 0 Å². The van der Waals surface area contributed by atoms with Crippen LogP contribution >= 0.6 is 0 Å². The Hall–Kier alpha value is -2.33. The van der Waals surface area contributed by atoms with E-state index in [0.717, 1.165) is 19.3 Å². The number of aliphatic hydroxyl groups excluding tert-OH is 1. The van der Waals surface area contributed by atoms with Gasteiger partial charge in [-0.05, 0) is 48.4 Å². The summed E-state index contributed by atoms with van der Waals surface area (Å²) in [5.41, 5.74) is 4.24. The topological polar surface area (TPSA) is 58.6 Å². The van der Waals surface area contributed by atoms with E-state index in [4.69, 9.17) is 4.74 Å². The highest BCUT2D eigenvalue weighted by molar-refractivity contribution is 5.79. The minimum Gasteiger partial charge on any atom is -0.449 e. The molecule has 0 aliphatic heterocycles. The summed E-state index contributed by atoms with van der Waals surface area (Å²) in [4.78, 5) is 12.3. The van der Waals surface area contributed by atoms with Crippen LogP contribution < -0.4 is 5.32 Å². The number of carbonyl (C=O) groups is 1. The summed E-state index contributed by atoms with van der Waals surface area (Å²) in [7, 11) is 0. The standard InChI is InChI=1S/C21H23NO3/c1-21(12-6-11-19(21)23)22-20(24)25-13-18-16-9-4-2-7-14(16)15-8-3-5-10-17(15)18/h2-5,7-10,18-19,23H,6,11-13H2,1H3,(H,22,24). The Morgan fingerprint density at radius 1 is 1.16 bits per heavy atom. The van der Waals surface area contributed by atoms with Crippen LogP contribution in [0.3, 0.4) is 0 Å². The summed E-state index contributed by atoms with van der Waals surface area (Å²) in [6.07, 6.45) is 1.46. The van der Waals surface area contributed by atoms with E-state index >= 15 is 0 Å². The van der Waals surface area contributed by atoms with Gasteiger partial charge in [-0.25, -0.2) is 4.79 Å². The third-order valence-corrected chi connectivity index (χ3v) is 5.64. The second-order valence-electron chi connectivity index (χ2n) is 7.28. The van der Waals surface area contributed by atoms with Crippen LogP contribution in [0.25, 0.3) is 11.1 Å². The molecule has 1 saturated carbocycles. The second kappa shape index (κ2) is 6.19. The van der Waals surface area contributed by atoms with Gasteiger partial charge in [0.1, 0.15) is 6.61 Å². The molecule has 0 bridgehead atoms. The fraction of sp³-hybridized carbons (Fsp3) is 0.381. The van der Waals surface area contributed by atoms with Gasteiger partial charge in [0.2, 0.25) is 0 Å². The molecule has 25 heavy (non-hydrogen) atoms. The van der Waals surface area contributed by atoms with Crippen LogP contribution in [-0.2, 0) is 4.74 Å². The molecule has 2 atom stereocenters. The van der Waals surface area contributed by atoms with Crippen LogP contribution in [-0.4, -0.2) is 29.4 Å². The number of rotatable bonds is 3. The lowest BCUT2D eigenvalue weighted by molar-refractivity contribution is 0.0797. The second-order valence-corrected chi connectivity index (χ2v) is 7.28. The lowest BCUT2D eigenvalue weighted by atomic mass is 9.98. The van der Waals surface area contributed by atoms with Crippen molar-refractivity contribution in [3.05, 3.63) is 59.7 Å². The van der Waals surface area contributed by atoms with Crippen molar-refractivity contribution < 1.29 is 14.6 Å². The molecular weight excluding hydrogens is 314 g/mol. The molecule has 0 radical (unpaired) electrons. The average Bonchev–Trinajstić information content (AvgIpc) is 3.11. The Kier molecular flexibility index (Phi) is 4.00. The zero-order chi connectivity index (χ0) is 17.4. The van der Waals surface area contributed by atoms with Crippen LogP contribution in [0.5, 0.6) is 0 Å². The van der Waals surface area contributed by atoms with Crippen LogP contribution in [0.1, 0.15) is 43.2 Å². The van der Waals surface area contributed by atoms with Gasteiger partial charge in [0.15, 0.2) is 0 Å². The van der Waals surface area contributed by atoms with Gasteiger partial charge in [-0.2, -0.15) is 0 Å². The summed E-state index contributed by atoms with van der Waals surface area (Å²) in [6.45, 7) is 2.18. The lowest BCUT2D eigenvalue weighted by Gasteiger charge is -2.29. The molecule has 1 amide bonds. The largest absolute Gasteiger partial charge is 0.449 e. The number of amides is 1. The molecule has 2 aromatic rings. The SMILES string of the molecule is CC1(NC(=O)OCC2c3ccccc3-c3ccccc32)CCCC1O. The highest BCUT2D eigenvalue weighted by atomic mass is 16.5. The van der Waals surface area contributed by atoms with Crippen molar-refractivity contribution in [2.45, 2.75) is 43.7 Å². The molecule has 0 aromatic heterocycles. The monoisotopic (exact) mass is 337 g/mol. The number of benzene rings is 2. The third-order valence-electron chi connectivity index (χ3n) is 5.64. The molecular formula is C21H23NO3. The number of fused-ring (bicyclic) bond motifs is 3. The summed E-state index contributed by atoms with van der Waals surface area (Å²) < 4.78 is 5.55. The Balaban J connectivity index is 1.49. The maximum Gasteiger partial charge on any atom is 0.407 e. The predicted octanol–water partition coefficient (Wildman–Crippen LogP) is 3.83. The number of nitrogens with one attached hydrogen (secondary N) is 1. The van der Waals surface area contributed by atoms with E-state index in [1.54, 1.807) is 0 Å². The first-order valence-electron chi connectivity index (χ1n) is 8.90. The van der Waals surface area contributed by atoms with Gasteiger partial charge < -0.3 is 15.2 Å². The molecule has 4 rings (SSSR count). The molecule has 0 saturated heterocycles. The summed E-state index contributed by atoms with van der Waals surface area (Å²) >= 11 is 0. The normalized spacial score (nSPS) is 24.6. The minimum absolute atomic E-state index is 0.0551. The number of hydrogen-bond acceptors (Lipinski definition) is 3. The van der Waals surface area contributed by atoms with Gasteiger partial charge >= 0.3 is 6.09 Å². The first-order valence-corrected chi connectivity index (χ1v) is 8.90. The molecule has 2 N–H and O–H groups in total. The van der Waals surface area contributed by atoms with Crippen LogP contribution in [0.4, 0.5) is 4.79 Å². The van der Waals surface area contributed by atoms with Gasteiger partial charge in [0, 0.05) is 5.92 Å². The highest BCUT2D eigenvalue weighted by Crippen LogP contribution is 2.44. The Bertz CT molecular complexity index is 758. The molecule has 0 heterocycles. The zero-order valence-corrected chi connectivity index (χ0v) is 14.4. The number of aliphatic hydroxyl groups is 1. The van der Waals surface area contributed by atoms with Crippen molar-refractivity contribution in [3.8, 4) is 11.1 Å². The minimum atomic E-state index is -0.581. The van der Waals surface area contributed by atoms with Gasteiger partial charge in [-0.1, -0.05) is 48.5 Å². The van der Waals surface area contributed by atoms with Gasteiger partial charge in [0.25, 0.3) is 0 Å². The van der Waals surface area contributed by atoms with E-state index in [-0.39, 0.29) is 5.92 Å². The maximum absolute atomic E-state index is 12.3. The Labute approximate surface area is 147 Å². The third kappa shape index (κ3) is 2.81. The molecule has 130 valence electrons. The van der Waals surface area contributed by atoms with E-state index in [9.17, 15) is 9.90 Å². The first-order chi connectivity index (χ1) is 12.1. The summed E-state index contributed by atoms with van der Waals surface area (Å²) in [5, 5.41) is 12.9. The van der Waals surface area contributed by atoms with E-state index in [1.807, 2.05) is 31.2 Å². The molecule has 4 nitrogen and oxygen atoms in total. The lowest BCUT2D eigenvalue weighted by Crippen LogP contribution is -2.51.